The van der Waals surface area contributed by atoms with Crippen molar-refractivity contribution in [3.8, 4) is 0 Å². The second-order valence-electron chi connectivity index (χ2n) is 1.07. The zero-order valence-corrected chi connectivity index (χ0v) is 8.79. The quantitative estimate of drug-likeness (QED) is 0.186. The maximum Gasteiger partial charge on any atom is 2.00 e. The van der Waals surface area contributed by atoms with E-state index in [2.05, 4.69) is 0 Å². The molecule has 0 aliphatic heterocycles. The maximum atomic E-state index is 9.88. The van der Waals surface area contributed by atoms with Gasteiger partial charge in [0.05, 0.1) is 0 Å². The number of halogens is 6. The normalized spacial score (nSPS) is 11.6. The molecule has 0 fully saturated rings. The summed E-state index contributed by atoms with van der Waals surface area (Å²) >= 11 is 0. The first-order valence-electron chi connectivity index (χ1n) is 1.13. The van der Waals surface area contributed by atoms with E-state index in [1.54, 1.807) is 0 Å². The van der Waals surface area contributed by atoms with E-state index in [-0.39, 0.29) is 49.9 Å². The van der Waals surface area contributed by atoms with E-state index in [0.29, 0.717) is 0 Å². The minimum atomic E-state index is -10.8. The Balaban J connectivity index is -0.00000000857. The van der Waals surface area contributed by atoms with Crippen LogP contribution in [0.4, 0.5) is 24.6 Å². The fourth-order valence-corrected chi connectivity index (χ4v) is 0. The Bertz CT molecular complexity index is 80.9. The van der Waals surface area contributed by atoms with Gasteiger partial charge in [0.2, 0.25) is 0 Å². The van der Waals surface area contributed by atoms with Crippen molar-refractivity contribution in [3.63, 3.8) is 0 Å². The molecular formula is H18F6MnO6Si+6. The Kier molecular flexibility index (Phi) is 39.1. The molecule has 6 nitrogen and oxygen atoms in total. The van der Waals surface area contributed by atoms with Crippen molar-refractivity contribution < 1.29 is 74.6 Å². The van der Waals surface area contributed by atoms with Crippen LogP contribution in [0, 0.1) is 0 Å². The summed E-state index contributed by atoms with van der Waals surface area (Å²) < 4.78 is 59.3. The number of rotatable bonds is 0. The molecular weight excluding hydrogens is 293 g/mol. The zero-order valence-electron chi connectivity index (χ0n) is 6.61. The van der Waals surface area contributed by atoms with Gasteiger partial charge in [0.15, 0.2) is 0 Å². The molecule has 18 N–H and O–H groups in total. The van der Waals surface area contributed by atoms with E-state index in [1.165, 1.54) is 0 Å². The van der Waals surface area contributed by atoms with Crippen LogP contribution in [0.25, 0.3) is 0 Å². The van der Waals surface area contributed by atoms with Crippen molar-refractivity contribution in [2.24, 2.45) is 0 Å². The molecule has 0 amide bonds. The van der Waals surface area contributed by atoms with Gasteiger partial charge in [0.1, 0.15) is 0 Å². The third-order valence-electron chi connectivity index (χ3n) is 0. The molecule has 0 aromatic heterocycles. The molecule has 0 unspecified atom stereocenters. The van der Waals surface area contributed by atoms with Crippen LogP contribution in [0.1, 0.15) is 0 Å². The molecule has 101 valence electrons. The van der Waals surface area contributed by atoms with Crippen molar-refractivity contribution in [1.29, 1.82) is 0 Å². The summed E-state index contributed by atoms with van der Waals surface area (Å²) in [6.45, 7) is 0. The second kappa shape index (κ2) is 8.39. The Hall–Kier alpha value is 0.0764. The van der Waals surface area contributed by atoms with Crippen LogP contribution in [0.5, 0.6) is 0 Å². The van der Waals surface area contributed by atoms with Crippen molar-refractivity contribution >= 4 is 8.63 Å². The number of hydrogen-bond acceptors (Lipinski definition) is 0. The van der Waals surface area contributed by atoms with Crippen molar-refractivity contribution in [1.82, 2.24) is 0 Å². The summed E-state index contributed by atoms with van der Waals surface area (Å²) in [6.07, 6.45) is 0. The molecule has 0 aromatic rings. The maximum absolute atomic E-state index is 10.8. The fourth-order valence-electron chi connectivity index (χ4n) is 0. The molecule has 14 heavy (non-hydrogen) atoms. The summed E-state index contributed by atoms with van der Waals surface area (Å²) in [6, 6.07) is 0. The fraction of sp³-hybridized carbons (Fsp3) is 0. The van der Waals surface area contributed by atoms with Crippen molar-refractivity contribution in [2.75, 3.05) is 0 Å². The van der Waals surface area contributed by atoms with Gasteiger partial charge in [-0.25, -0.2) is 0 Å². The molecule has 0 aliphatic rings. The molecule has 0 saturated carbocycles. The SMILES string of the molecule is F[Si-2](F)(F)(F)(F)F.[Mn+2].[OH3+].[OH3+].[OH3+].[OH3+].[OH3+].[OH3+]. The van der Waals surface area contributed by atoms with E-state index < -0.39 is 8.63 Å². The van der Waals surface area contributed by atoms with Crippen LogP contribution in [0.2, 0.25) is 0 Å². The van der Waals surface area contributed by atoms with E-state index in [4.69, 9.17) is 0 Å². The molecule has 0 aromatic carbocycles. The van der Waals surface area contributed by atoms with Crippen LogP contribution < -0.4 is 0 Å². The van der Waals surface area contributed by atoms with Gasteiger partial charge in [0, 0.05) is 0 Å². The molecule has 0 saturated heterocycles. The summed E-state index contributed by atoms with van der Waals surface area (Å²) in [5.41, 5.74) is 0. The molecule has 1 radical (unpaired) electrons. The molecule has 0 bridgehead atoms. The van der Waals surface area contributed by atoms with Crippen LogP contribution in [-0.4, -0.2) is 8.63 Å². The van der Waals surface area contributed by atoms with Crippen molar-refractivity contribution in [2.45, 2.75) is 0 Å². The summed E-state index contributed by atoms with van der Waals surface area (Å²) in [4.78, 5) is 0. The molecule has 0 aliphatic carbocycles. The summed E-state index contributed by atoms with van der Waals surface area (Å²) in [5.74, 6) is 0. The molecule has 0 spiro atoms. The van der Waals surface area contributed by atoms with Gasteiger partial charge in [-0.05, 0) is 0 Å². The van der Waals surface area contributed by atoms with Crippen LogP contribution in [0.3, 0.4) is 0 Å². The average molecular weight is 311 g/mol. The van der Waals surface area contributed by atoms with E-state index >= 15 is 0 Å². The predicted molar refractivity (Wildman–Crippen MR) is 41.6 cm³/mol. The Morgan fingerprint density at radius 2 is 0.429 bits per heavy atom. The second-order valence-corrected chi connectivity index (χ2v) is 3.21. The van der Waals surface area contributed by atoms with Crippen LogP contribution >= 0.6 is 0 Å². The van der Waals surface area contributed by atoms with E-state index in [1.807, 2.05) is 0 Å². The Morgan fingerprint density at radius 1 is 0.429 bits per heavy atom. The van der Waals surface area contributed by atoms with Crippen molar-refractivity contribution in [3.05, 3.63) is 0 Å². The number of hydrogen-bond donors (Lipinski definition) is 0. The molecule has 0 rings (SSSR count). The summed E-state index contributed by atoms with van der Waals surface area (Å²) in [7, 11) is -10.8. The minimum Gasteiger partial charge on any atom is -0.457 e. The third kappa shape index (κ3) is 254000. The van der Waals surface area contributed by atoms with E-state index in [0.717, 1.165) is 0 Å². The van der Waals surface area contributed by atoms with Crippen LogP contribution in [-0.2, 0) is 49.9 Å². The van der Waals surface area contributed by atoms with Gasteiger partial charge >= 0.3 is 50.3 Å². The first-order chi connectivity index (χ1) is 2.45. The van der Waals surface area contributed by atoms with Gasteiger partial charge < -0.3 is 32.9 Å². The first kappa shape index (κ1) is 65.2. The molecule has 0 heterocycles. The standard InChI is InChI=1S/F6Si.Mn.6H2O/c1-7(2,3,4,5)6;;;;;;;/h;;6*1H2/q-2;+2;;;;;;/p+6. The zero-order chi connectivity index (χ0) is 6.41. The topological polar surface area (TPSA) is 198 Å². The Labute approximate surface area is 84.1 Å². The van der Waals surface area contributed by atoms with Gasteiger partial charge in [0.25, 0.3) is 0 Å². The van der Waals surface area contributed by atoms with E-state index in [9.17, 15) is 24.6 Å². The van der Waals surface area contributed by atoms with Crippen LogP contribution in [0.15, 0.2) is 0 Å². The predicted octanol–water partition coefficient (Wildman–Crippen LogP) is -3.39. The third-order valence-corrected chi connectivity index (χ3v) is 0. The minimum absolute atomic E-state index is 0. The monoisotopic (exact) mass is 311 g/mol. The smallest absolute Gasteiger partial charge is 0.457 e. The summed E-state index contributed by atoms with van der Waals surface area (Å²) in [5, 5.41) is 0. The molecule has 0 atom stereocenters. The first-order valence-corrected chi connectivity index (χ1v) is 3.40. The van der Waals surface area contributed by atoms with Gasteiger partial charge in [-0.2, -0.15) is 0 Å². The Morgan fingerprint density at radius 3 is 0.429 bits per heavy atom. The van der Waals surface area contributed by atoms with Gasteiger partial charge in [-0.1, -0.05) is 0 Å². The van der Waals surface area contributed by atoms with Gasteiger partial charge in [-0.3, -0.25) is 0 Å². The van der Waals surface area contributed by atoms with Gasteiger partial charge in [-0.15, -0.1) is 0 Å². The largest absolute Gasteiger partial charge is 2.00 e. The molecule has 14 heteroatoms. The average Bonchev–Trinajstić information content (AvgIpc) is 0.592.